The molecule has 0 saturated carbocycles. The normalized spacial score (nSPS) is 15.6. The van der Waals surface area contributed by atoms with E-state index in [0.717, 1.165) is 5.56 Å². The van der Waals surface area contributed by atoms with E-state index < -0.39 is 6.04 Å². The predicted molar refractivity (Wildman–Crippen MR) is 102 cm³/mol. The molecule has 1 fully saturated rings. The van der Waals surface area contributed by atoms with Crippen LogP contribution in [0.25, 0.3) is 0 Å². The number of amides is 1. The molecule has 0 aromatic heterocycles. The molecule has 1 saturated heterocycles. The molecule has 0 radical (unpaired) electrons. The highest BCUT2D eigenvalue weighted by molar-refractivity contribution is 5.97. The summed E-state index contributed by atoms with van der Waals surface area (Å²) in [5.74, 6) is 0.459. The minimum atomic E-state index is -0.468. The Morgan fingerprint density at radius 1 is 1.07 bits per heavy atom. The Morgan fingerprint density at radius 2 is 1.75 bits per heavy atom. The molecule has 1 heterocycles. The van der Waals surface area contributed by atoms with E-state index in [1.165, 1.54) is 26.4 Å². The third-order valence-corrected chi connectivity index (χ3v) is 4.91. The van der Waals surface area contributed by atoms with Gasteiger partial charge in [0.15, 0.2) is 11.5 Å². The number of ether oxygens (including phenoxy) is 2. The third kappa shape index (κ3) is 3.92. The van der Waals surface area contributed by atoms with Crippen molar-refractivity contribution in [1.29, 1.82) is 5.26 Å². The number of rotatable bonds is 5. The van der Waals surface area contributed by atoms with Crippen molar-refractivity contribution in [3.63, 3.8) is 0 Å². The zero-order chi connectivity index (χ0) is 20.1. The SMILES string of the molecule is COc1cccc(C(=O)N2CCN([C@@H](C#N)c3ccc(F)cc3)CC2)c1OC. The van der Waals surface area contributed by atoms with Gasteiger partial charge in [0.25, 0.3) is 5.91 Å². The Bertz CT molecular complexity index is 871. The lowest BCUT2D eigenvalue weighted by atomic mass is 10.1. The number of halogens is 1. The Morgan fingerprint density at radius 3 is 2.32 bits per heavy atom. The lowest BCUT2D eigenvalue weighted by Crippen LogP contribution is -2.49. The van der Waals surface area contributed by atoms with Crippen molar-refractivity contribution in [3.05, 3.63) is 59.4 Å². The molecule has 0 spiro atoms. The summed E-state index contributed by atoms with van der Waals surface area (Å²) in [5, 5.41) is 9.58. The van der Waals surface area contributed by atoms with Crippen LogP contribution >= 0.6 is 0 Å². The maximum Gasteiger partial charge on any atom is 0.257 e. The highest BCUT2D eigenvalue weighted by Gasteiger charge is 2.29. The summed E-state index contributed by atoms with van der Waals surface area (Å²) < 4.78 is 23.8. The first-order valence-electron chi connectivity index (χ1n) is 8.98. The molecule has 28 heavy (non-hydrogen) atoms. The zero-order valence-electron chi connectivity index (χ0n) is 15.9. The third-order valence-electron chi connectivity index (χ3n) is 4.91. The smallest absolute Gasteiger partial charge is 0.257 e. The highest BCUT2D eigenvalue weighted by Crippen LogP contribution is 2.32. The number of nitrogens with zero attached hydrogens (tertiary/aromatic N) is 3. The van der Waals surface area contributed by atoms with E-state index in [0.29, 0.717) is 43.2 Å². The Kier molecular flexibility index (Phi) is 6.12. The van der Waals surface area contributed by atoms with Gasteiger partial charge in [-0.25, -0.2) is 4.39 Å². The number of carbonyl (C=O) groups excluding carboxylic acids is 1. The van der Waals surface area contributed by atoms with Crippen LogP contribution in [0.15, 0.2) is 42.5 Å². The first-order valence-corrected chi connectivity index (χ1v) is 8.98. The van der Waals surface area contributed by atoms with Crippen molar-refractivity contribution in [3.8, 4) is 17.6 Å². The van der Waals surface area contributed by atoms with Crippen LogP contribution in [0.3, 0.4) is 0 Å². The second-order valence-electron chi connectivity index (χ2n) is 6.45. The average Bonchev–Trinajstić information content (AvgIpc) is 2.74. The monoisotopic (exact) mass is 383 g/mol. The molecular weight excluding hydrogens is 361 g/mol. The van der Waals surface area contributed by atoms with Crippen LogP contribution < -0.4 is 9.47 Å². The summed E-state index contributed by atoms with van der Waals surface area (Å²) in [4.78, 5) is 16.7. The van der Waals surface area contributed by atoms with Gasteiger partial charge in [-0.3, -0.25) is 9.69 Å². The maximum absolute atomic E-state index is 13.2. The van der Waals surface area contributed by atoms with Crippen molar-refractivity contribution in [2.75, 3.05) is 40.4 Å². The van der Waals surface area contributed by atoms with Gasteiger partial charge in [-0.1, -0.05) is 18.2 Å². The molecule has 1 amide bonds. The lowest BCUT2D eigenvalue weighted by molar-refractivity contribution is 0.0602. The fourth-order valence-electron chi connectivity index (χ4n) is 3.42. The van der Waals surface area contributed by atoms with Crippen molar-refractivity contribution >= 4 is 5.91 Å². The number of nitriles is 1. The van der Waals surface area contributed by atoms with Gasteiger partial charge >= 0.3 is 0 Å². The van der Waals surface area contributed by atoms with Gasteiger partial charge in [0.1, 0.15) is 11.9 Å². The summed E-state index contributed by atoms with van der Waals surface area (Å²) in [6.07, 6.45) is 0. The van der Waals surface area contributed by atoms with Crippen molar-refractivity contribution in [2.45, 2.75) is 6.04 Å². The van der Waals surface area contributed by atoms with Crippen LogP contribution in [0, 0.1) is 17.1 Å². The molecule has 0 unspecified atom stereocenters. The molecule has 2 aromatic carbocycles. The fourth-order valence-corrected chi connectivity index (χ4v) is 3.42. The van der Waals surface area contributed by atoms with Crippen molar-refractivity contribution in [1.82, 2.24) is 9.80 Å². The van der Waals surface area contributed by atoms with Crippen LogP contribution in [0.4, 0.5) is 4.39 Å². The molecule has 1 aliphatic heterocycles. The predicted octanol–water partition coefficient (Wildman–Crippen LogP) is 2.87. The quantitative estimate of drug-likeness (QED) is 0.794. The Hall–Kier alpha value is -3.11. The van der Waals surface area contributed by atoms with Crippen LogP contribution in [-0.4, -0.2) is 56.1 Å². The van der Waals surface area contributed by atoms with E-state index in [1.807, 2.05) is 4.90 Å². The molecule has 0 aliphatic carbocycles. The number of methoxy groups -OCH3 is 2. The number of benzene rings is 2. The zero-order valence-corrected chi connectivity index (χ0v) is 15.9. The van der Waals surface area contributed by atoms with E-state index in [1.54, 1.807) is 35.2 Å². The Labute approximate surface area is 163 Å². The van der Waals surface area contributed by atoms with Gasteiger partial charge < -0.3 is 14.4 Å². The van der Waals surface area contributed by atoms with E-state index in [-0.39, 0.29) is 11.7 Å². The molecular formula is C21H22FN3O3. The Balaban J connectivity index is 1.71. The van der Waals surface area contributed by atoms with E-state index >= 15 is 0 Å². The molecule has 1 atom stereocenters. The average molecular weight is 383 g/mol. The van der Waals surface area contributed by atoms with Gasteiger partial charge in [0, 0.05) is 26.2 Å². The molecule has 1 aliphatic rings. The van der Waals surface area contributed by atoms with Crippen molar-refractivity contribution in [2.24, 2.45) is 0 Å². The van der Waals surface area contributed by atoms with Gasteiger partial charge in [0.05, 0.1) is 25.9 Å². The molecule has 146 valence electrons. The van der Waals surface area contributed by atoms with Gasteiger partial charge in [0.2, 0.25) is 0 Å². The fraction of sp³-hybridized carbons (Fsp3) is 0.333. The van der Waals surface area contributed by atoms with Crippen LogP contribution in [0.5, 0.6) is 11.5 Å². The standard InChI is InChI=1S/C21H22FN3O3/c1-27-19-5-3-4-17(20(19)28-2)21(26)25-12-10-24(11-13-25)18(14-23)15-6-8-16(22)9-7-15/h3-9,18H,10-13H2,1-2H3/t18-/m0/s1. The molecule has 7 heteroatoms. The number of carbonyl (C=O) groups is 1. The largest absolute Gasteiger partial charge is 0.493 e. The second-order valence-corrected chi connectivity index (χ2v) is 6.45. The van der Waals surface area contributed by atoms with E-state index in [4.69, 9.17) is 9.47 Å². The minimum absolute atomic E-state index is 0.134. The maximum atomic E-state index is 13.2. The molecule has 2 aromatic rings. The summed E-state index contributed by atoms with van der Waals surface area (Å²) in [7, 11) is 3.04. The summed E-state index contributed by atoms with van der Waals surface area (Å²) in [6, 6.07) is 13.0. The second kappa shape index (κ2) is 8.72. The first-order chi connectivity index (χ1) is 13.6. The van der Waals surface area contributed by atoms with Crippen LogP contribution in [0.2, 0.25) is 0 Å². The van der Waals surface area contributed by atoms with Crippen LogP contribution in [0.1, 0.15) is 22.0 Å². The van der Waals surface area contributed by atoms with Gasteiger partial charge in [-0.15, -0.1) is 0 Å². The summed E-state index contributed by atoms with van der Waals surface area (Å²) in [6.45, 7) is 2.07. The first kappa shape index (κ1) is 19.6. The van der Waals surface area contributed by atoms with Crippen molar-refractivity contribution < 1.29 is 18.7 Å². The molecule has 0 N–H and O–H groups in total. The number of para-hydroxylation sites is 1. The molecule has 0 bridgehead atoms. The minimum Gasteiger partial charge on any atom is -0.493 e. The van der Waals surface area contributed by atoms with E-state index in [9.17, 15) is 14.4 Å². The number of hydrogen-bond donors (Lipinski definition) is 0. The number of hydrogen-bond acceptors (Lipinski definition) is 5. The number of piperazine rings is 1. The topological polar surface area (TPSA) is 65.8 Å². The lowest BCUT2D eigenvalue weighted by Gasteiger charge is -2.37. The van der Waals surface area contributed by atoms with Gasteiger partial charge in [-0.05, 0) is 29.8 Å². The highest BCUT2D eigenvalue weighted by atomic mass is 19.1. The molecule has 3 rings (SSSR count). The van der Waals surface area contributed by atoms with Gasteiger partial charge in [-0.2, -0.15) is 5.26 Å². The van der Waals surface area contributed by atoms with E-state index in [2.05, 4.69) is 6.07 Å². The summed E-state index contributed by atoms with van der Waals surface area (Å²) in [5.41, 5.74) is 1.20. The van der Waals surface area contributed by atoms with Crippen LogP contribution in [-0.2, 0) is 0 Å². The summed E-state index contributed by atoms with van der Waals surface area (Å²) >= 11 is 0. The molecule has 6 nitrogen and oxygen atoms in total.